The quantitative estimate of drug-likeness (QED) is 0.324. The molecule has 2 aliphatic heterocycles. The zero-order valence-corrected chi connectivity index (χ0v) is 24.2. The summed E-state index contributed by atoms with van der Waals surface area (Å²) in [6.45, 7) is 6.93. The highest BCUT2D eigenvalue weighted by Gasteiger charge is 2.27. The molecule has 0 bridgehead atoms. The van der Waals surface area contributed by atoms with E-state index in [2.05, 4.69) is 58.0 Å². The first-order valence-corrected chi connectivity index (χ1v) is 16.3. The molecular formula is C31H38N4O2S2. The maximum Gasteiger partial charge on any atom is 0.250 e. The molecule has 206 valence electrons. The van der Waals surface area contributed by atoms with Crippen molar-refractivity contribution in [2.45, 2.75) is 42.9 Å². The second-order valence-corrected chi connectivity index (χ2v) is 13.3. The van der Waals surface area contributed by atoms with E-state index in [4.69, 9.17) is 4.99 Å². The molecule has 0 radical (unpaired) electrons. The van der Waals surface area contributed by atoms with Gasteiger partial charge in [0.25, 0.3) is 10.0 Å². The lowest BCUT2D eigenvalue weighted by molar-refractivity contribution is 0.190. The summed E-state index contributed by atoms with van der Waals surface area (Å²) in [5.41, 5.74) is 4.78. The number of hydrogen-bond acceptors (Lipinski definition) is 6. The van der Waals surface area contributed by atoms with Crippen LogP contribution in [0.3, 0.4) is 0 Å². The van der Waals surface area contributed by atoms with Crippen molar-refractivity contribution in [3.8, 4) is 0 Å². The van der Waals surface area contributed by atoms with Crippen molar-refractivity contribution in [1.82, 2.24) is 14.5 Å². The second kappa shape index (κ2) is 13.0. The third-order valence-electron chi connectivity index (χ3n) is 7.64. The van der Waals surface area contributed by atoms with Crippen LogP contribution in [0, 0.1) is 5.92 Å². The number of benzene rings is 2. The van der Waals surface area contributed by atoms with Crippen molar-refractivity contribution in [3.05, 3.63) is 101 Å². The SMILES string of the molecule is CCN1C=C(C2CCN(CC[C@@H](NS(=O)(=O)c3cccs3)c3ccccc3)CC2)N=C(Cc2ccccc2)C1. The molecule has 0 spiro atoms. The third kappa shape index (κ3) is 7.45. The van der Waals surface area contributed by atoms with Gasteiger partial charge in [-0.2, -0.15) is 0 Å². The Morgan fingerprint density at radius 2 is 1.72 bits per heavy atom. The Labute approximate surface area is 237 Å². The highest BCUT2D eigenvalue weighted by atomic mass is 32.2. The molecule has 5 rings (SSSR count). The fourth-order valence-electron chi connectivity index (χ4n) is 5.45. The highest BCUT2D eigenvalue weighted by Crippen LogP contribution is 2.29. The molecule has 1 N–H and O–H groups in total. The van der Waals surface area contributed by atoms with Gasteiger partial charge >= 0.3 is 0 Å². The topological polar surface area (TPSA) is 65.0 Å². The molecule has 0 aliphatic carbocycles. The first-order valence-electron chi connectivity index (χ1n) is 13.9. The number of hydrogen-bond donors (Lipinski definition) is 1. The lowest BCUT2D eigenvalue weighted by atomic mass is 9.92. The number of nitrogens with one attached hydrogen (secondary N) is 1. The lowest BCUT2D eigenvalue weighted by Crippen LogP contribution is -2.38. The first kappa shape index (κ1) is 27.8. The van der Waals surface area contributed by atoms with E-state index < -0.39 is 10.0 Å². The molecule has 0 unspecified atom stereocenters. The van der Waals surface area contributed by atoms with Gasteiger partial charge in [-0.25, -0.2) is 13.1 Å². The van der Waals surface area contributed by atoms with Crippen molar-refractivity contribution in [3.63, 3.8) is 0 Å². The molecule has 3 aromatic rings. The smallest absolute Gasteiger partial charge is 0.250 e. The molecule has 1 atom stereocenters. The molecule has 3 heterocycles. The van der Waals surface area contributed by atoms with Crippen LogP contribution >= 0.6 is 11.3 Å². The largest absolute Gasteiger partial charge is 0.371 e. The van der Waals surface area contributed by atoms with E-state index in [0.29, 0.717) is 10.1 Å². The van der Waals surface area contributed by atoms with Crippen molar-refractivity contribution >= 4 is 27.1 Å². The van der Waals surface area contributed by atoms with Crippen molar-refractivity contribution in [2.75, 3.05) is 32.7 Å². The zero-order valence-electron chi connectivity index (χ0n) is 22.6. The summed E-state index contributed by atoms with van der Waals surface area (Å²) < 4.78 is 29.3. The molecular weight excluding hydrogens is 525 g/mol. The van der Waals surface area contributed by atoms with Crippen LogP contribution < -0.4 is 4.72 Å². The van der Waals surface area contributed by atoms with Crippen LogP contribution in [0.5, 0.6) is 0 Å². The summed E-state index contributed by atoms with van der Waals surface area (Å²) >= 11 is 1.25. The minimum Gasteiger partial charge on any atom is -0.371 e. The Kier molecular flexibility index (Phi) is 9.29. The summed E-state index contributed by atoms with van der Waals surface area (Å²) in [6, 6.07) is 23.7. The van der Waals surface area contributed by atoms with Crippen LogP contribution in [0.1, 0.15) is 43.4 Å². The molecule has 2 aliphatic rings. The molecule has 8 heteroatoms. The Morgan fingerprint density at radius 3 is 2.38 bits per heavy atom. The van der Waals surface area contributed by atoms with Gasteiger partial charge in [-0.1, -0.05) is 66.7 Å². The van der Waals surface area contributed by atoms with Crippen LogP contribution in [-0.4, -0.2) is 56.7 Å². The molecule has 0 amide bonds. The van der Waals surface area contributed by atoms with E-state index in [1.165, 1.54) is 28.3 Å². The Balaban J connectivity index is 1.20. The Morgan fingerprint density at radius 1 is 1.00 bits per heavy atom. The summed E-state index contributed by atoms with van der Waals surface area (Å²) in [7, 11) is -3.55. The minimum absolute atomic E-state index is 0.264. The van der Waals surface area contributed by atoms with Gasteiger partial charge < -0.3 is 9.80 Å². The number of allylic oxidation sites excluding steroid dienone is 1. The van der Waals surface area contributed by atoms with Crippen LogP contribution in [0.4, 0.5) is 0 Å². The van der Waals surface area contributed by atoms with Gasteiger partial charge in [-0.05, 0) is 68.4 Å². The van der Waals surface area contributed by atoms with Gasteiger partial charge in [-0.3, -0.25) is 4.99 Å². The average molecular weight is 563 g/mol. The molecule has 2 aromatic carbocycles. The minimum atomic E-state index is -3.55. The van der Waals surface area contributed by atoms with E-state index in [-0.39, 0.29) is 6.04 Å². The van der Waals surface area contributed by atoms with Gasteiger partial charge in [-0.15, -0.1) is 11.3 Å². The summed E-state index contributed by atoms with van der Waals surface area (Å²) in [5.74, 6) is 0.462. The van der Waals surface area contributed by atoms with E-state index in [9.17, 15) is 8.42 Å². The molecule has 0 saturated carbocycles. The van der Waals surface area contributed by atoms with Crippen LogP contribution in [0.25, 0.3) is 0 Å². The maximum atomic E-state index is 13.0. The van der Waals surface area contributed by atoms with Gasteiger partial charge in [0.05, 0.1) is 12.2 Å². The van der Waals surface area contributed by atoms with Gasteiger partial charge in [0, 0.05) is 36.8 Å². The Bertz CT molecular complexity index is 1350. The molecule has 1 saturated heterocycles. The van der Waals surface area contributed by atoms with Gasteiger partial charge in [0.2, 0.25) is 0 Å². The Hall–Kier alpha value is -2.78. The zero-order chi connectivity index (χ0) is 27.1. The van der Waals surface area contributed by atoms with E-state index in [1.54, 1.807) is 17.5 Å². The third-order valence-corrected chi connectivity index (χ3v) is 10.5. The number of sulfonamides is 1. The predicted molar refractivity (Wildman–Crippen MR) is 161 cm³/mol. The lowest BCUT2D eigenvalue weighted by Gasteiger charge is -2.35. The summed E-state index contributed by atoms with van der Waals surface area (Å²) in [6.07, 6.45) is 6.05. The van der Waals surface area contributed by atoms with Crippen LogP contribution in [0.15, 0.2) is 99.3 Å². The number of aliphatic imine (C=N–C) groups is 1. The molecule has 1 aromatic heterocycles. The first-order chi connectivity index (χ1) is 19.0. The fraction of sp³-hybridized carbons (Fsp3) is 0.387. The number of nitrogens with zero attached hydrogens (tertiary/aromatic N) is 3. The van der Waals surface area contributed by atoms with E-state index >= 15 is 0 Å². The highest BCUT2D eigenvalue weighted by molar-refractivity contribution is 7.91. The number of piperidine rings is 1. The molecule has 6 nitrogen and oxygen atoms in total. The number of rotatable bonds is 11. The van der Waals surface area contributed by atoms with Crippen LogP contribution in [0.2, 0.25) is 0 Å². The van der Waals surface area contributed by atoms with E-state index in [1.807, 2.05) is 30.3 Å². The predicted octanol–water partition coefficient (Wildman–Crippen LogP) is 5.73. The van der Waals surface area contributed by atoms with Gasteiger partial charge in [0.1, 0.15) is 4.21 Å². The fourth-order valence-corrected chi connectivity index (χ4v) is 7.71. The number of likely N-dealkylation sites (tertiary alicyclic amines) is 1. The summed E-state index contributed by atoms with van der Waals surface area (Å²) in [4.78, 5) is 10.0. The molecule has 39 heavy (non-hydrogen) atoms. The normalized spacial score (nSPS) is 18.0. The second-order valence-electron chi connectivity index (χ2n) is 10.4. The number of thiophene rings is 1. The van der Waals surface area contributed by atoms with Crippen molar-refractivity contribution in [1.29, 1.82) is 0 Å². The average Bonchev–Trinajstić information content (AvgIpc) is 3.53. The molecule has 1 fully saturated rings. The van der Waals surface area contributed by atoms with Gasteiger partial charge in [0.15, 0.2) is 0 Å². The maximum absolute atomic E-state index is 13.0. The summed E-state index contributed by atoms with van der Waals surface area (Å²) in [5, 5.41) is 1.80. The van der Waals surface area contributed by atoms with E-state index in [0.717, 1.165) is 64.0 Å². The van der Waals surface area contributed by atoms with Crippen molar-refractivity contribution < 1.29 is 8.42 Å². The van der Waals surface area contributed by atoms with Crippen molar-refractivity contribution in [2.24, 2.45) is 10.9 Å². The monoisotopic (exact) mass is 562 g/mol. The van der Waals surface area contributed by atoms with Crippen LogP contribution in [-0.2, 0) is 16.4 Å². The standard InChI is InChI=1S/C31H38N4O2S2/c1-2-34-23-28(22-25-10-5-3-6-11-25)32-30(24-34)27-15-18-35(19-16-27)20-17-29(26-12-7-4-8-13-26)33-39(36,37)31-14-9-21-38-31/h3-14,21,24,27,29,33H,2,15-20,22-23H2,1H3/t29-/m1/s1.